The number of aryl methyl sites for hydroxylation is 1. The Morgan fingerprint density at radius 1 is 1.23 bits per heavy atom. The third kappa shape index (κ3) is 3.29. The van der Waals surface area contributed by atoms with E-state index in [4.69, 9.17) is 5.11 Å². The number of fused-ring (bicyclic) bond motifs is 1. The fraction of sp³-hybridized carbons (Fsp3) is 0.278. The summed E-state index contributed by atoms with van der Waals surface area (Å²) in [7, 11) is 0. The average Bonchev–Trinajstić information content (AvgIpc) is 3.10. The minimum atomic E-state index is -4.62. The molecule has 0 saturated carbocycles. The van der Waals surface area contributed by atoms with E-state index in [1.54, 1.807) is 10.6 Å². The highest BCUT2D eigenvalue weighted by Gasteiger charge is 2.35. The number of benzene rings is 1. The zero-order valence-corrected chi connectivity index (χ0v) is 14.6. The molecule has 0 radical (unpaired) electrons. The van der Waals surface area contributed by atoms with Gasteiger partial charge in [0.15, 0.2) is 0 Å². The quantitative estimate of drug-likeness (QED) is 0.603. The first-order valence-electron chi connectivity index (χ1n) is 7.99. The van der Waals surface area contributed by atoms with Gasteiger partial charge in [-0.25, -0.2) is 4.79 Å². The number of phenols is 1. The number of carbonyl (C=O) groups is 1. The highest BCUT2D eigenvalue weighted by molar-refractivity contribution is 7.20. The summed E-state index contributed by atoms with van der Waals surface area (Å²) in [5.41, 5.74) is 0.0200. The van der Waals surface area contributed by atoms with Crippen molar-refractivity contribution in [1.82, 2.24) is 4.57 Å². The zero-order valence-electron chi connectivity index (χ0n) is 13.8. The molecule has 0 aliphatic heterocycles. The molecule has 3 rings (SSSR count). The molecule has 0 aliphatic carbocycles. The van der Waals surface area contributed by atoms with E-state index in [-0.39, 0.29) is 10.4 Å². The topological polar surface area (TPSA) is 62.5 Å². The van der Waals surface area contributed by atoms with Crippen molar-refractivity contribution < 1.29 is 28.2 Å². The Kier molecular flexibility index (Phi) is 4.70. The van der Waals surface area contributed by atoms with Gasteiger partial charge in [0.05, 0.1) is 21.5 Å². The molecule has 0 bridgehead atoms. The molecule has 0 aliphatic rings. The van der Waals surface area contributed by atoms with Crippen LogP contribution >= 0.6 is 11.3 Å². The highest BCUT2D eigenvalue weighted by Crippen LogP contribution is 2.42. The summed E-state index contributed by atoms with van der Waals surface area (Å²) < 4.78 is 42.7. The third-order valence-electron chi connectivity index (χ3n) is 4.12. The van der Waals surface area contributed by atoms with Crippen LogP contribution in [0.3, 0.4) is 0 Å². The molecular formula is C18H16F3NO3S. The monoisotopic (exact) mass is 383 g/mol. The first-order chi connectivity index (χ1) is 12.2. The first-order valence-corrected chi connectivity index (χ1v) is 8.81. The average molecular weight is 383 g/mol. The van der Waals surface area contributed by atoms with E-state index in [1.807, 2.05) is 6.92 Å². The Morgan fingerprint density at radius 2 is 1.96 bits per heavy atom. The maximum absolute atomic E-state index is 13.5. The molecular weight excluding hydrogens is 367 g/mol. The summed E-state index contributed by atoms with van der Waals surface area (Å²) in [6, 6.07) is 6.26. The van der Waals surface area contributed by atoms with Gasteiger partial charge in [-0.1, -0.05) is 13.3 Å². The van der Waals surface area contributed by atoms with Crippen LogP contribution < -0.4 is 0 Å². The van der Waals surface area contributed by atoms with Gasteiger partial charge in [0, 0.05) is 12.1 Å². The Bertz CT molecular complexity index is 972. The van der Waals surface area contributed by atoms with Crippen molar-refractivity contribution in [3.63, 3.8) is 0 Å². The third-order valence-corrected chi connectivity index (χ3v) is 5.18. The molecule has 0 saturated heterocycles. The van der Waals surface area contributed by atoms with Gasteiger partial charge in [-0.3, -0.25) is 0 Å². The van der Waals surface area contributed by atoms with E-state index in [2.05, 4.69) is 0 Å². The molecule has 2 heterocycles. The van der Waals surface area contributed by atoms with E-state index in [0.717, 1.165) is 24.2 Å². The van der Waals surface area contributed by atoms with Crippen LogP contribution in [-0.4, -0.2) is 20.7 Å². The summed E-state index contributed by atoms with van der Waals surface area (Å²) in [6.45, 7) is 2.45. The van der Waals surface area contributed by atoms with Crippen LogP contribution in [0.25, 0.3) is 21.5 Å². The van der Waals surface area contributed by atoms with Crippen LogP contribution in [0.1, 0.15) is 35.0 Å². The van der Waals surface area contributed by atoms with E-state index in [9.17, 15) is 23.1 Å². The molecule has 0 unspecified atom stereocenters. The van der Waals surface area contributed by atoms with Crippen LogP contribution in [0.2, 0.25) is 0 Å². The van der Waals surface area contributed by atoms with Gasteiger partial charge in [0.2, 0.25) is 0 Å². The lowest BCUT2D eigenvalue weighted by atomic mass is 10.0. The van der Waals surface area contributed by atoms with Crippen molar-refractivity contribution in [2.45, 2.75) is 32.5 Å². The second-order valence-electron chi connectivity index (χ2n) is 5.93. The van der Waals surface area contributed by atoms with E-state index in [0.29, 0.717) is 28.5 Å². The number of thiophene rings is 1. The molecule has 0 fully saturated rings. The van der Waals surface area contributed by atoms with E-state index >= 15 is 0 Å². The number of hydrogen-bond donors (Lipinski definition) is 2. The predicted octanol–water partition coefficient (Wildman–Crippen LogP) is 5.59. The minimum absolute atomic E-state index is 0.0355. The number of alkyl halides is 3. The van der Waals surface area contributed by atoms with Crippen LogP contribution in [0.4, 0.5) is 13.2 Å². The van der Waals surface area contributed by atoms with Gasteiger partial charge in [0.1, 0.15) is 10.6 Å². The Hall–Kier alpha value is -2.48. The summed E-state index contributed by atoms with van der Waals surface area (Å²) in [5, 5.41) is 18.6. The number of aromatic hydroxyl groups is 1. The normalized spacial score (nSPS) is 12.0. The smallest absolute Gasteiger partial charge is 0.417 e. The summed E-state index contributed by atoms with van der Waals surface area (Å²) in [4.78, 5) is 11.3. The lowest BCUT2D eigenvalue weighted by Gasteiger charge is -2.16. The largest absolute Gasteiger partial charge is 0.508 e. The van der Waals surface area contributed by atoms with Gasteiger partial charge in [0.25, 0.3) is 0 Å². The van der Waals surface area contributed by atoms with Gasteiger partial charge in [-0.15, -0.1) is 11.3 Å². The maximum atomic E-state index is 13.5. The Morgan fingerprint density at radius 3 is 2.58 bits per heavy atom. The summed E-state index contributed by atoms with van der Waals surface area (Å²) in [5.74, 6) is -1.52. The molecule has 1 aromatic carbocycles. The molecule has 138 valence electrons. The lowest BCUT2D eigenvalue weighted by Crippen LogP contribution is -2.09. The Balaban J connectivity index is 2.25. The minimum Gasteiger partial charge on any atom is -0.508 e. The van der Waals surface area contributed by atoms with Gasteiger partial charge >= 0.3 is 12.1 Å². The van der Waals surface area contributed by atoms with Crippen molar-refractivity contribution in [2.75, 3.05) is 0 Å². The number of aromatic nitrogens is 1. The van der Waals surface area contributed by atoms with Crippen LogP contribution in [-0.2, 0) is 12.7 Å². The van der Waals surface area contributed by atoms with Crippen molar-refractivity contribution in [3.05, 3.63) is 40.8 Å². The molecule has 26 heavy (non-hydrogen) atoms. The molecule has 0 spiro atoms. The van der Waals surface area contributed by atoms with Crippen molar-refractivity contribution in [3.8, 4) is 17.0 Å². The second-order valence-corrected chi connectivity index (χ2v) is 7.01. The first kappa shape index (κ1) is 18.3. The zero-order chi connectivity index (χ0) is 19.1. The number of carboxylic acid groups (broad SMARTS) is 1. The fourth-order valence-electron chi connectivity index (χ4n) is 2.92. The van der Waals surface area contributed by atoms with Gasteiger partial charge in [-0.05, 0) is 36.8 Å². The van der Waals surface area contributed by atoms with Gasteiger partial charge in [-0.2, -0.15) is 13.2 Å². The number of nitrogens with zero attached hydrogens (tertiary/aromatic N) is 1. The number of hydrogen-bond acceptors (Lipinski definition) is 3. The summed E-state index contributed by atoms with van der Waals surface area (Å²) in [6.07, 6.45) is -3.03. The number of halogens is 3. The maximum Gasteiger partial charge on any atom is 0.417 e. The van der Waals surface area contributed by atoms with Crippen LogP contribution in [0, 0.1) is 0 Å². The van der Waals surface area contributed by atoms with Crippen LogP contribution in [0.15, 0.2) is 30.3 Å². The number of phenolic OH excluding ortho intramolecular Hbond substituents is 1. The molecule has 0 amide bonds. The van der Waals surface area contributed by atoms with Crippen molar-refractivity contribution in [1.29, 1.82) is 0 Å². The Labute approximate surface area is 151 Å². The van der Waals surface area contributed by atoms with Crippen molar-refractivity contribution in [2.24, 2.45) is 0 Å². The molecule has 3 aromatic rings. The fourth-order valence-corrected chi connectivity index (χ4v) is 3.86. The van der Waals surface area contributed by atoms with Crippen LogP contribution in [0.5, 0.6) is 5.75 Å². The SMILES string of the molecule is CCCCn1c(-c2ccc(O)cc2C(F)(F)F)cc2sc(C(=O)O)cc21. The van der Waals surface area contributed by atoms with E-state index < -0.39 is 23.5 Å². The summed E-state index contributed by atoms with van der Waals surface area (Å²) >= 11 is 1.03. The molecule has 0 atom stereocenters. The molecule has 4 nitrogen and oxygen atoms in total. The number of rotatable bonds is 5. The lowest BCUT2D eigenvalue weighted by molar-refractivity contribution is -0.137. The van der Waals surface area contributed by atoms with Gasteiger partial charge < -0.3 is 14.8 Å². The number of aromatic carboxylic acids is 1. The van der Waals surface area contributed by atoms with Crippen molar-refractivity contribution >= 4 is 27.5 Å². The highest BCUT2D eigenvalue weighted by atomic mass is 32.1. The molecule has 8 heteroatoms. The second kappa shape index (κ2) is 6.68. The van der Waals surface area contributed by atoms with E-state index in [1.165, 1.54) is 18.2 Å². The number of carboxylic acids is 1. The predicted molar refractivity (Wildman–Crippen MR) is 93.8 cm³/mol. The molecule has 2 N–H and O–H groups in total. The molecule has 2 aromatic heterocycles. The number of unbranched alkanes of at least 4 members (excludes halogenated alkanes) is 1. The standard InChI is InChI=1S/C18H16F3NO3S/c1-2-3-6-22-13(8-15-14(22)9-16(26-15)17(24)25)11-5-4-10(23)7-12(11)18(19,20)21/h4-5,7-9,23H,2-3,6H2,1H3,(H,24,25).